The first-order valence-corrected chi connectivity index (χ1v) is 5.29. The Morgan fingerprint density at radius 3 is 2.62 bits per heavy atom. The highest BCUT2D eigenvalue weighted by atomic mass is 14.9. The molecule has 3 heteroatoms. The van der Waals surface area contributed by atoms with Gasteiger partial charge in [-0.3, -0.25) is 0 Å². The molecule has 3 nitrogen and oxygen atoms in total. The number of hydrogen-bond donors (Lipinski definition) is 1. The summed E-state index contributed by atoms with van der Waals surface area (Å²) in [7, 11) is 0. The molecule has 0 unspecified atom stereocenters. The van der Waals surface area contributed by atoms with Crippen LogP contribution in [0.1, 0.15) is 22.6 Å². The van der Waals surface area contributed by atoms with Crippen LogP contribution in [0.2, 0.25) is 0 Å². The summed E-state index contributed by atoms with van der Waals surface area (Å²) in [5.41, 5.74) is 9.17. The summed E-state index contributed by atoms with van der Waals surface area (Å²) in [6.45, 7) is 3.94. The number of nitrogens with two attached hydrogens (primary N) is 1. The highest BCUT2D eigenvalue weighted by molar-refractivity contribution is 5.33. The van der Waals surface area contributed by atoms with Gasteiger partial charge in [-0.1, -0.05) is 29.8 Å². The van der Waals surface area contributed by atoms with Gasteiger partial charge >= 0.3 is 0 Å². The Hall–Kier alpha value is -1.90. The number of anilines is 1. The van der Waals surface area contributed by atoms with Crippen LogP contribution in [0.4, 0.5) is 5.82 Å². The number of nitrogen functional groups attached to an aromatic ring is 1. The quantitative estimate of drug-likeness (QED) is 0.832. The number of aromatic nitrogens is 2. The lowest BCUT2D eigenvalue weighted by Crippen LogP contribution is -2.00. The second-order valence-corrected chi connectivity index (χ2v) is 4.00. The lowest BCUT2D eigenvalue weighted by atomic mass is 10.1. The summed E-state index contributed by atoms with van der Waals surface area (Å²) < 4.78 is 0. The molecule has 0 atom stereocenters. The number of nitrogens with zero attached hydrogens (tertiary/aromatic N) is 2. The van der Waals surface area contributed by atoms with E-state index in [1.54, 1.807) is 0 Å². The molecule has 0 saturated heterocycles. The van der Waals surface area contributed by atoms with Crippen molar-refractivity contribution in [1.82, 2.24) is 9.97 Å². The van der Waals surface area contributed by atoms with E-state index in [0.717, 1.165) is 17.9 Å². The van der Waals surface area contributed by atoms with Crippen molar-refractivity contribution in [2.24, 2.45) is 0 Å². The van der Waals surface area contributed by atoms with E-state index in [-0.39, 0.29) is 0 Å². The van der Waals surface area contributed by atoms with Gasteiger partial charge < -0.3 is 5.73 Å². The van der Waals surface area contributed by atoms with E-state index in [9.17, 15) is 0 Å². The Kier molecular flexibility index (Phi) is 2.86. The lowest BCUT2D eigenvalue weighted by molar-refractivity contribution is 0.973. The van der Waals surface area contributed by atoms with Gasteiger partial charge in [-0.15, -0.1) is 0 Å². The maximum Gasteiger partial charge on any atom is 0.127 e. The number of rotatable bonds is 2. The van der Waals surface area contributed by atoms with Crippen molar-refractivity contribution < 1.29 is 0 Å². The van der Waals surface area contributed by atoms with Crippen LogP contribution in [0.3, 0.4) is 0 Å². The molecule has 1 aromatic carbocycles. The summed E-state index contributed by atoms with van der Waals surface area (Å²) in [6, 6.07) is 10.2. The molecule has 0 bridgehead atoms. The van der Waals surface area contributed by atoms with Gasteiger partial charge in [-0.2, -0.15) is 0 Å². The molecule has 0 amide bonds. The van der Waals surface area contributed by atoms with Gasteiger partial charge in [0.2, 0.25) is 0 Å². The van der Waals surface area contributed by atoms with Gasteiger partial charge in [0.25, 0.3) is 0 Å². The third kappa shape index (κ3) is 2.57. The molecule has 82 valence electrons. The predicted octanol–water partition coefficient (Wildman–Crippen LogP) is 2.27. The first kappa shape index (κ1) is 10.6. The highest BCUT2D eigenvalue weighted by Gasteiger charge is 2.01. The molecule has 16 heavy (non-hydrogen) atoms. The van der Waals surface area contributed by atoms with E-state index in [1.807, 2.05) is 13.0 Å². The minimum atomic E-state index is 0.537. The van der Waals surface area contributed by atoms with Crippen molar-refractivity contribution in [2.75, 3.05) is 5.73 Å². The minimum absolute atomic E-state index is 0.537. The second kappa shape index (κ2) is 4.31. The van der Waals surface area contributed by atoms with Gasteiger partial charge in [-0.05, 0) is 19.4 Å². The minimum Gasteiger partial charge on any atom is -0.384 e. The van der Waals surface area contributed by atoms with Crippen molar-refractivity contribution in [1.29, 1.82) is 0 Å². The van der Waals surface area contributed by atoms with Crippen molar-refractivity contribution in [2.45, 2.75) is 20.3 Å². The highest BCUT2D eigenvalue weighted by Crippen LogP contribution is 2.11. The van der Waals surface area contributed by atoms with Gasteiger partial charge in [0.05, 0.1) is 5.69 Å². The maximum atomic E-state index is 5.69. The van der Waals surface area contributed by atoms with Crippen LogP contribution >= 0.6 is 0 Å². The Labute approximate surface area is 95.4 Å². The molecule has 2 aromatic rings. The molecule has 0 spiro atoms. The SMILES string of the molecule is Cc1cccc(Cc2cc(N)nc(C)n2)c1. The standard InChI is InChI=1S/C13H15N3/c1-9-4-3-5-11(6-9)7-12-8-13(14)16-10(2)15-12/h3-6,8H,7H2,1-2H3,(H2,14,15,16). The zero-order valence-corrected chi connectivity index (χ0v) is 9.57. The van der Waals surface area contributed by atoms with E-state index in [4.69, 9.17) is 5.73 Å². The van der Waals surface area contributed by atoms with Crippen LogP contribution in [0.5, 0.6) is 0 Å². The van der Waals surface area contributed by atoms with Crippen molar-refractivity contribution in [3.8, 4) is 0 Å². The van der Waals surface area contributed by atoms with Gasteiger partial charge in [0.15, 0.2) is 0 Å². The van der Waals surface area contributed by atoms with E-state index in [1.165, 1.54) is 11.1 Å². The summed E-state index contributed by atoms with van der Waals surface area (Å²) in [4.78, 5) is 8.43. The molecule has 0 fully saturated rings. The lowest BCUT2D eigenvalue weighted by Gasteiger charge is -2.04. The smallest absolute Gasteiger partial charge is 0.127 e. The molecule has 2 N–H and O–H groups in total. The molecule has 0 aliphatic carbocycles. The van der Waals surface area contributed by atoms with E-state index < -0.39 is 0 Å². The fraction of sp³-hybridized carbons (Fsp3) is 0.231. The zero-order valence-electron chi connectivity index (χ0n) is 9.57. The number of benzene rings is 1. The van der Waals surface area contributed by atoms with Crippen LogP contribution in [0.15, 0.2) is 30.3 Å². The molecule has 0 aliphatic heterocycles. The monoisotopic (exact) mass is 213 g/mol. The van der Waals surface area contributed by atoms with E-state index in [2.05, 4.69) is 41.2 Å². The average molecular weight is 213 g/mol. The summed E-state index contributed by atoms with van der Waals surface area (Å²) >= 11 is 0. The van der Waals surface area contributed by atoms with Crippen LogP contribution < -0.4 is 5.73 Å². The van der Waals surface area contributed by atoms with Crippen LogP contribution in [-0.4, -0.2) is 9.97 Å². The van der Waals surface area contributed by atoms with Crippen molar-refractivity contribution in [3.63, 3.8) is 0 Å². The summed E-state index contributed by atoms with van der Waals surface area (Å²) in [6.07, 6.45) is 0.801. The number of hydrogen-bond acceptors (Lipinski definition) is 3. The molecule has 2 rings (SSSR count). The van der Waals surface area contributed by atoms with Gasteiger partial charge in [0, 0.05) is 12.5 Å². The van der Waals surface area contributed by atoms with Crippen molar-refractivity contribution >= 4 is 5.82 Å². The number of aryl methyl sites for hydroxylation is 2. The Morgan fingerprint density at radius 2 is 1.94 bits per heavy atom. The van der Waals surface area contributed by atoms with Crippen LogP contribution in [0, 0.1) is 13.8 Å². The topological polar surface area (TPSA) is 51.8 Å². The molecule has 0 radical (unpaired) electrons. The largest absolute Gasteiger partial charge is 0.384 e. The third-order valence-corrected chi connectivity index (χ3v) is 2.38. The predicted molar refractivity (Wildman–Crippen MR) is 65.2 cm³/mol. The van der Waals surface area contributed by atoms with Crippen molar-refractivity contribution in [3.05, 3.63) is 53.0 Å². The molecule has 0 aliphatic rings. The second-order valence-electron chi connectivity index (χ2n) is 4.00. The van der Waals surface area contributed by atoms with Gasteiger partial charge in [-0.25, -0.2) is 9.97 Å². The summed E-state index contributed by atoms with van der Waals surface area (Å²) in [5.74, 6) is 1.26. The average Bonchev–Trinajstić information content (AvgIpc) is 2.15. The Morgan fingerprint density at radius 1 is 1.12 bits per heavy atom. The molecule has 0 saturated carbocycles. The summed E-state index contributed by atoms with van der Waals surface area (Å²) in [5, 5.41) is 0. The molecule has 1 aromatic heterocycles. The first-order valence-electron chi connectivity index (χ1n) is 5.29. The first-order chi connectivity index (χ1) is 7.63. The van der Waals surface area contributed by atoms with Crippen LogP contribution in [-0.2, 0) is 6.42 Å². The normalized spacial score (nSPS) is 10.4. The fourth-order valence-electron chi connectivity index (χ4n) is 1.78. The molecular weight excluding hydrogens is 198 g/mol. The van der Waals surface area contributed by atoms with E-state index >= 15 is 0 Å². The van der Waals surface area contributed by atoms with Crippen LogP contribution in [0.25, 0.3) is 0 Å². The third-order valence-electron chi connectivity index (χ3n) is 2.38. The van der Waals surface area contributed by atoms with E-state index in [0.29, 0.717) is 5.82 Å². The molecule has 1 heterocycles. The van der Waals surface area contributed by atoms with Gasteiger partial charge in [0.1, 0.15) is 11.6 Å². The Balaban J connectivity index is 2.27. The Bertz CT molecular complexity index is 486. The fourth-order valence-corrected chi connectivity index (χ4v) is 1.78. The molecular formula is C13H15N3. The maximum absolute atomic E-state index is 5.69. The zero-order chi connectivity index (χ0) is 11.5.